The van der Waals surface area contributed by atoms with Crippen LogP contribution in [0.4, 0.5) is 9.18 Å². The van der Waals surface area contributed by atoms with Crippen LogP contribution < -0.4 is 15.4 Å². The molecule has 118 valence electrons. The number of halogens is 1. The van der Waals surface area contributed by atoms with Crippen molar-refractivity contribution in [1.82, 2.24) is 10.6 Å². The lowest BCUT2D eigenvalue weighted by Gasteiger charge is -2.25. The van der Waals surface area contributed by atoms with Gasteiger partial charge in [0, 0.05) is 13.1 Å². The molecule has 1 aromatic carbocycles. The van der Waals surface area contributed by atoms with Crippen molar-refractivity contribution in [2.45, 2.75) is 38.8 Å². The lowest BCUT2D eigenvalue weighted by molar-refractivity contribution is 0.0349. The fourth-order valence-corrected chi connectivity index (χ4v) is 1.81. The van der Waals surface area contributed by atoms with Crippen LogP contribution in [0.1, 0.15) is 32.3 Å². The molecule has 0 saturated heterocycles. The molecule has 0 saturated carbocycles. The van der Waals surface area contributed by atoms with Crippen molar-refractivity contribution in [2.75, 3.05) is 13.7 Å². The Labute approximate surface area is 124 Å². The van der Waals surface area contributed by atoms with E-state index in [0.29, 0.717) is 18.4 Å². The number of urea groups is 1. The Kier molecular flexibility index (Phi) is 6.42. The van der Waals surface area contributed by atoms with Crippen LogP contribution in [0.15, 0.2) is 18.2 Å². The zero-order chi connectivity index (χ0) is 15.9. The van der Waals surface area contributed by atoms with Gasteiger partial charge < -0.3 is 20.5 Å². The molecule has 0 radical (unpaired) electrons. The molecule has 0 aromatic heterocycles. The van der Waals surface area contributed by atoms with Crippen molar-refractivity contribution < 1.29 is 19.0 Å². The van der Waals surface area contributed by atoms with E-state index >= 15 is 0 Å². The largest absolute Gasteiger partial charge is 0.494 e. The van der Waals surface area contributed by atoms with E-state index < -0.39 is 17.4 Å². The lowest BCUT2D eigenvalue weighted by atomic mass is 9.98. The van der Waals surface area contributed by atoms with Crippen LogP contribution in [0.5, 0.6) is 5.75 Å². The SMILES string of the molecule is CCC(O)(CC)CNC(=O)NCc1ccc(OC)c(F)c1. The summed E-state index contributed by atoms with van der Waals surface area (Å²) in [6.07, 6.45) is 1.13. The number of aliphatic hydroxyl groups is 1. The summed E-state index contributed by atoms with van der Waals surface area (Å²) >= 11 is 0. The van der Waals surface area contributed by atoms with E-state index in [1.54, 1.807) is 6.07 Å². The predicted molar refractivity (Wildman–Crippen MR) is 78.7 cm³/mol. The molecule has 0 atom stereocenters. The topological polar surface area (TPSA) is 70.6 Å². The Morgan fingerprint density at radius 3 is 2.52 bits per heavy atom. The summed E-state index contributed by atoms with van der Waals surface area (Å²) in [4.78, 5) is 11.7. The average molecular weight is 298 g/mol. The zero-order valence-electron chi connectivity index (χ0n) is 12.7. The molecule has 0 spiro atoms. The number of methoxy groups -OCH3 is 1. The van der Waals surface area contributed by atoms with Gasteiger partial charge in [-0.15, -0.1) is 0 Å². The van der Waals surface area contributed by atoms with Gasteiger partial charge in [-0.25, -0.2) is 9.18 Å². The molecule has 3 N–H and O–H groups in total. The van der Waals surface area contributed by atoms with E-state index in [9.17, 15) is 14.3 Å². The third kappa shape index (κ3) is 5.23. The van der Waals surface area contributed by atoms with Crippen molar-refractivity contribution in [1.29, 1.82) is 0 Å². The van der Waals surface area contributed by atoms with Gasteiger partial charge in [0.25, 0.3) is 0 Å². The number of carbonyl (C=O) groups is 1. The second-order valence-corrected chi connectivity index (χ2v) is 4.94. The van der Waals surface area contributed by atoms with Crippen molar-refractivity contribution >= 4 is 6.03 Å². The monoisotopic (exact) mass is 298 g/mol. The highest BCUT2D eigenvalue weighted by Crippen LogP contribution is 2.17. The Bertz CT molecular complexity index is 476. The highest BCUT2D eigenvalue weighted by Gasteiger charge is 2.22. The fourth-order valence-electron chi connectivity index (χ4n) is 1.81. The summed E-state index contributed by atoms with van der Waals surface area (Å²) in [6, 6.07) is 4.10. The standard InChI is InChI=1S/C15H23FN2O3/c1-4-15(20,5-2)10-18-14(19)17-9-11-6-7-13(21-3)12(16)8-11/h6-8,20H,4-5,9-10H2,1-3H3,(H2,17,18,19). The smallest absolute Gasteiger partial charge is 0.315 e. The number of nitrogens with one attached hydrogen (secondary N) is 2. The van der Waals surface area contributed by atoms with E-state index in [1.807, 2.05) is 13.8 Å². The molecule has 0 aliphatic carbocycles. The maximum atomic E-state index is 13.5. The number of hydrogen-bond acceptors (Lipinski definition) is 3. The minimum Gasteiger partial charge on any atom is -0.494 e. The summed E-state index contributed by atoms with van der Waals surface area (Å²) in [5.41, 5.74) is -0.256. The summed E-state index contributed by atoms with van der Waals surface area (Å²) in [6.45, 7) is 4.11. The van der Waals surface area contributed by atoms with Crippen molar-refractivity contribution in [3.8, 4) is 5.75 Å². The van der Waals surface area contributed by atoms with Gasteiger partial charge in [0.15, 0.2) is 11.6 Å². The molecule has 0 aliphatic heterocycles. The summed E-state index contributed by atoms with van der Waals surface area (Å²) in [7, 11) is 1.40. The van der Waals surface area contributed by atoms with Gasteiger partial charge in [-0.1, -0.05) is 19.9 Å². The Morgan fingerprint density at radius 2 is 2.00 bits per heavy atom. The van der Waals surface area contributed by atoms with Gasteiger partial charge in [0.05, 0.1) is 12.7 Å². The van der Waals surface area contributed by atoms with Crippen LogP contribution in [-0.4, -0.2) is 30.4 Å². The molecular weight excluding hydrogens is 275 g/mol. The minimum atomic E-state index is -0.885. The second-order valence-electron chi connectivity index (χ2n) is 4.94. The Balaban J connectivity index is 2.45. The Hall–Kier alpha value is -1.82. The van der Waals surface area contributed by atoms with Crippen LogP contribution in [-0.2, 0) is 6.54 Å². The molecule has 21 heavy (non-hydrogen) atoms. The lowest BCUT2D eigenvalue weighted by Crippen LogP contribution is -2.45. The molecule has 0 fully saturated rings. The van der Waals surface area contributed by atoms with Gasteiger partial charge >= 0.3 is 6.03 Å². The molecule has 0 aliphatic rings. The van der Waals surface area contributed by atoms with Crippen molar-refractivity contribution in [2.24, 2.45) is 0 Å². The van der Waals surface area contributed by atoms with Gasteiger partial charge in [0.2, 0.25) is 0 Å². The predicted octanol–water partition coefficient (Wildman–Crippen LogP) is 2.18. The Morgan fingerprint density at radius 1 is 1.33 bits per heavy atom. The molecule has 1 rings (SSSR count). The highest BCUT2D eigenvalue weighted by atomic mass is 19.1. The van der Waals surface area contributed by atoms with Gasteiger partial charge in [0.1, 0.15) is 0 Å². The molecule has 1 aromatic rings. The number of hydrogen-bond donors (Lipinski definition) is 3. The third-order valence-corrected chi connectivity index (χ3v) is 3.56. The van der Waals surface area contributed by atoms with Crippen LogP contribution in [0.2, 0.25) is 0 Å². The van der Waals surface area contributed by atoms with E-state index in [-0.39, 0.29) is 18.8 Å². The minimum absolute atomic E-state index is 0.166. The van der Waals surface area contributed by atoms with E-state index in [4.69, 9.17) is 4.74 Å². The number of ether oxygens (including phenoxy) is 1. The molecule has 5 nitrogen and oxygen atoms in total. The fraction of sp³-hybridized carbons (Fsp3) is 0.533. The molecule has 0 heterocycles. The van der Waals surface area contributed by atoms with E-state index in [1.165, 1.54) is 19.2 Å². The number of carbonyl (C=O) groups excluding carboxylic acids is 1. The molecule has 6 heteroatoms. The first-order valence-corrected chi connectivity index (χ1v) is 7.00. The number of rotatable bonds is 7. The van der Waals surface area contributed by atoms with Crippen molar-refractivity contribution in [3.63, 3.8) is 0 Å². The summed E-state index contributed by atoms with van der Waals surface area (Å²) in [5.74, 6) is -0.303. The number of benzene rings is 1. The highest BCUT2D eigenvalue weighted by molar-refractivity contribution is 5.73. The first-order valence-electron chi connectivity index (χ1n) is 7.00. The van der Waals surface area contributed by atoms with Crippen LogP contribution in [0, 0.1) is 5.82 Å². The molecule has 0 unspecified atom stereocenters. The summed E-state index contributed by atoms with van der Waals surface area (Å²) < 4.78 is 18.3. The van der Waals surface area contributed by atoms with Crippen LogP contribution in [0.25, 0.3) is 0 Å². The zero-order valence-corrected chi connectivity index (χ0v) is 12.7. The number of amides is 2. The van der Waals surface area contributed by atoms with Crippen molar-refractivity contribution in [3.05, 3.63) is 29.6 Å². The van der Waals surface area contributed by atoms with Crippen LogP contribution >= 0.6 is 0 Å². The van der Waals surface area contributed by atoms with Crippen LogP contribution in [0.3, 0.4) is 0 Å². The maximum Gasteiger partial charge on any atom is 0.315 e. The normalized spacial score (nSPS) is 11.1. The average Bonchev–Trinajstić information content (AvgIpc) is 2.50. The molecule has 0 bridgehead atoms. The van der Waals surface area contributed by atoms with Gasteiger partial charge in [-0.2, -0.15) is 0 Å². The molecular formula is C15H23FN2O3. The van der Waals surface area contributed by atoms with Gasteiger partial charge in [-0.3, -0.25) is 0 Å². The maximum absolute atomic E-state index is 13.5. The van der Waals surface area contributed by atoms with Gasteiger partial charge in [-0.05, 0) is 30.5 Å². The molecule has 2 amide bonds. The third-order valence-electron chi connectivity index (χ3n) is 3.56. The summed E-state index contributed by atoms with van der Waals surface area (Å²) in [5, 5.41) is 15.3. The first-order chi connectivity index (χ1) is 9.94. The van der Waals surface area contributed by atoms with E-state index in [0.717, 1.165) is 0 Å². The quantitative estimate of drug-likeness (QED) is 0.722. The first kappa shape index (κ1) is 17.2. The van der Waals surface area contributed by atoms with E-state index in [2.05, 4.69) is 10.6 Å². The second kappa shape index (κ2) is 7.83.